The smallest absolute Gasteiger partial charge is 0.00266 e. The highest BCUT2D eigenvalue weighted by Crippen LogP contribution is 2.25. The molecule has 1 saturated carbocycles. The van der Waals surface area contributed by atoms with Crippen molar-refractivity contribution in [3.8, 4) is 0 Å². The van der Waals surface area contributed by atoms with Crippen LogP contribution in [0.15, 0.2) is 12.2 Å². The van der Waals surface area contributed by atoms with E-state index in [2.05, 4.69) is 17.5 Å². The van der Waals surface area contributed by atoms with Crippen molar-refractivity contribution in [3.63, 3.8) is 0 Å². The van der Waals surface area contributed by atoms with Crippen LogP contribution in [-0.4, -0.2) is 13.1 Å². The average molecular weight is 202 g/mol. The minimum absolute atomic E-state index is 0. The Kier molecular flexibility index (Phi) is 4.82. The SMILES string of the molecule is C(=C\C1CNC1)/C1CCCCC1.Cl. The second kappa shape index (κ2) is 5.66. The van der Waals surface area contributed by atoms with E-state index in [1.165, 1.54) is 45.2 Å². The van der Waals surface area contributed by atoms with Crippen molar-refractivity contribution < 1.29 is 0 Å². The van der Waals surface area contributed by atoms with Crippen LogP contribution in [0.2, 0.25) is 0 Å². The van der Waals surface area contributed by atoms with Crippen LogP contribution < -0.4 is 5.32 Å². The van der Waals surface area contributed by atoms with Crippen LogP contribution in [0.5, 0.6) is 0 Å². The Bertz CT molecular complexity index is 157. The summed E-state index contributed by atoms with van der Waals surface area (Å²) in [6.07, 6.45) is 12.2. The molecule has 0 bridgehead atoms. The fourth-order valence-corrected chi connectivity index (χ4v) is 2.09. The van der Waals surface area contributed by atoms with E-state index in [1.807, 2.05) is 0 Å². The molecule has 2 rings (SSSR count). The molecule has 0 aromatic heterocycles. The lowest BCUT2D eigenvalue weighted by Crippen LogP contribution is -2.40. The fourth-order valence-electron chi connectivity index (χ4n) is 2.09. The second-order valence-corrected chi connectivity index (χ2v) is 4.20. The standard InChI is InChI=1S/C11H19N.ClH/c1-2-4-10(5-3-1)6-7-11-8-12-9-11;/h6-7,10-12H,1-5,8-9H2;1H/b7-6+;. The van der Waals surface area contributed by atoms with E-state index in [0.29, 0.717) is 0 Å². The lowest BCUT2D eigenvalue weighted by molar-refractivity contribution is 0.399. The molecule has 0 spiro atoms. The van der Waals surface area contributed by atoms with Gasteiger partial charge in [0.15, 0.2) is 0 Å². The molecule has 1 aliphatic carbocycles. The Balaban J connectivity index is 0.000000845. The van der Waals surface area contributed by atoms with E-state index in [-0.39, 0.29) is 12.4 Å². The van der Waals surface area contributed by atoms with Crippen LogP contribution in [0.1, 0.15) is 32.1 Å². The van der Waals surface area contributed by atoms with Crippen LogP contribution in [0.4, 0.5) is 0 Å². The number of nitrogens with one attached hydrogen (secondary N) is 1. The van der Waals surface area contributed by atoms with Crippen LogP contribution in [0.25, 0.3) is 0 Å². The summed E-state index contributed by atoms with van der Waals surface area (Å²) in [5, 5.41) is 3.30. The first-order chi connectivity index (χ1) is 5.95. The molecular formula is C11H20ClN. The third kappa shape index (κ3) is 3.32. The Morgan fingerprint density at radius 1 is 0.846 bits per heavy atom. The van der Waals surface area contributed by atoms with Crippen LogP contribution in [0, 0.1) is 11.8 Å². The van der Waals surface area contributed by atoms with E-state index >= 15 is 0 Å². The van der Waals surface area contributed by atoms with Crippen molar-refractivity contribution in [3.05, 3.63) is 12.2 Å². The summed E-state index contributed by atoms with van der Waals surface area (Å²) < 4.78 is 0. The first-order valence-electron chi connectivity index (χ1n) is 5.34. The minimum Gasteiger partial charge on any atom is -0.315 e. The van der Waals surface area contributed by atoms with Crippen molar-refractivity contribution in [2.75, 3.05) is 13.1 Å². The first-order valence-corrected chi connectivity index (χ1v) is 5.34. The van der Waals surface area contributed by atoms with Gasteiger partial charge in [0, 0.05) is 19.0 Å². The maximum absolute atomic E-state index is 3.30. The molecule has 1 heterocycles. The van der Waals surface area contributed by atoms with E-state index < -0.39 is 0 Å². The van der Waals surface area contributed by atoms with Crippen molar-refractivity contribution in [1.82, 2.24) is 5.32 Å². The zero-order valence-electron chi connectivity index (χ0n) is 8.17. The summed E-state index contributed by atoms with van der Waals surface area (Å²) in [5.41, 5.74) is 0. The molecule has 1 nitrogen and oxygen atoms in total. The Labute approximate surface area is 87.4 Å². The van der Waals surface area contributed by atoms with E-state index in [4.69, 9.17) is 0 Å². The third-order valence-electron chi connectivity index (χ3n) is 3.12. The van der Waals surface area contributed by atoms with Crippen molar-refractivity contribution >= 4 is 12.4 Å². The largest absolute Gasteiger partial charge is 0.315 e. The lowest BCUT2D eigenvalue weighted by atomic mass is 9.88. The van der Waals surface area contributed by atoms with Crippen molar-refractivity contribution in [2.45, 2.75) is 32.1 Å². The van der Waals surface area contributed by atoms with Gasteiger partial charge in [-0.25, -0.2) is 0 Å². The third-order valence-corrected chi connectivity index (χ3v) is 3.12. The van der Waals surface area contributed by atoms with E-state index in [0.717, 1.165) is 11.8 Å². The van der Waals surface area contributed by atoms with E-state index in [1.54, 1.807) is 0 Å². The molecule has 1 aliphatic heterocycles. The van der Waals surface area contributed by atoms with Gasteiger partial charge < -0.3 is 5.32 Å². The molecule has 2 heteroatoms. The molecule has 0 aromatic rings. The molecule has 0 atom stereocenters. The average Bonchev–Trinajstić information content (AvgIpc) is 2.04. The number of hydrogen-bond acceptors (Lipinski definition) is 1. The van der Waals surface area contributed by atoms with Gasteiger partial charge in [0.1, 0.15) is 0 Å². The summed E-state index contributed by atoms with van der Waals surface area (Å²) in [4.78, 5) is 0. The predicted octanol–water partition coefficient (Wildman–Crippen LogP) is 2.76. The van der Waals surface area contributed by atoms with Gasteiger partial charge in [0.2, 0.25) is 0 Å². The fraction of sp³-hybridized carbons (Fsp3) is 0.818. The number of hydrogen-bond donors (Lipinski definition) is 1. The monoisotopic (exact) mass is 201 g/mol. The molecule has 76 valence electrons. The van der Waals surface area contributed by atoms with Gasteiger partial charge in [0.05, 0.1) is 0 Å². The molecule has 0 unspecified atom stereocenters. The molecule has 0 radical (unpaired) electrons. The van der Waals surface area contributed by atoms with Gasteiger partial charge in [0.25, 0.3) is 0 Å². The zero-order chi connectivity index (χ0) is 8.23. The molecule has 13 heavy (non-hydrogen) atoms. The normalized spacial score (nSPS) is 25.5. The van der Waals surface area contributed by atoms with Gasteiger partial charge in [-0.05, 0) is 18.8 Å². The van der Waals surface area contributed by atoms with Crippen molar-refractivity contribution in [2.24, 2.45) is 11.8 Å². The highest BCUT2D eigenvalue weighted by Gasteiger charge is 2.14. The van der Waals surface area contributed by atoms with Gasteiger partial charge in [-0.1, -0.05) is 31.4 Å². The maximum atomic E-state index is 3.30. The summed E-state index contributed by atoms with van der Waals surface area (Å²) in [7, 11) is 0. The van der Waals surface area contributed by atoms with Gasteiger partial charge in [-0.3, -0.25) is 0 Å². The highest BCUT2D eigenvalue weighted by molar-refractivity contribution is 5.85. The first kappa shape index (κ1) is 11.1. The van der Waals surface area contributed by atoms with Crippen LogP contribution in [-0.2, 0) is 0 Å². The van der Waals surface area contributed by atoms with Crippen LogP contribution >= 0.6 is 12.4 Å². The quantitative estimate of drug-likeness (QED) is 0.678. The van der Waals surface area contributed by atoms with Crippen LogP contribution in [0.3, 0.4) is 0 Å². The molecule has 2 fully saturated rings. The van der Waals surface area contributed by atoms with Gasteiger partial charge in [-0.2, -0.15) is 0 Å². The predicted molar refractivity (Wildman–Crippen MR) is 59.3 cm³/mol. The Hall–Kier alpha value is -0.0100. The summed E-state index contributed by atoms with van der Waals surface area (Å²) >= 11 is 0. The van der Waals surface area contributed by atoms with Crippen molar-refractivity contribution in [1.29, 1.82) is 0 Å². The second-order valence-electron chi connectivity index (χ2n) is 4.20. The molecule has 1 saturated heterocycles. The summed E-state index contributed by atoms with van der Waals surface area (Å²) in [6, 6.07) is 0. The topological polar surface area (TPSA) is 12.0 Å². The number of rotatable bonds is 2. The maximum Gasteiger partial charge on any atom is 0.00266 e. The van der Waals surface area contributed by atoms with Gasteiger partial charge >= 0.3 is 0 Å². The molecule has 2 aliphatic rings. The Morgan fingerprint density at radius 2 is 1.46 bits per heavy atom. The number of allylic oxidation sites excluding steroid dienone is 1. The minimum atomic E-state index is 0. The Morgan fingerprint density at radius 3 is 2.00 bits per heavy atom. The molecule has 1 N–H and O–H groups in total. The molecule has 0 amide bonds. The molecule has 0 aromatic carbocycles. The zero-order valence-corrected chi connectivity index (χ0v) is 8.98. The number of halogens is 1. The molecular weight excluding hydrogens is 182 g/mol. The summed E-state index contributed by atoms with van der Waals surface area (Å²) in [5.74, 6) is 1.77. The lowest BCUT2D eigenvalue weighted by Gasteiger charge is -2.25. The summed E-state index contributed by atoms with van der Waals surface area (Å²) in [6.45, 7) is 2.42. The van der Waals surface area contributed by atoms with Gasteiger partial charge in [-0.15, -0.1) is 12.4 Å². The van der Waals surface area contributed by atoms with E-state index in [9.17, 15) is 0 Å². The highest BCUT2D eigenvalue weighted by atomic mass is 35.5.